The molecule has 6 nitrogen and oxygen atoms in total. The number of hydrogen-bond acceptors (Lipinski definition) is 3. The van der Waals surface area contributed by atoms with E-state index in [2.05, 4.69) is 10.6 Å². The molecule has 0 aliphatic heterocycles. The third kappa shape index (κ3) is 4.81. The third-order valence-electron chi connectivity index (χ3n) is 4.29. The summed E-state index contributed by atoms with van der Waals surface area (Å²) in [5.74, 6) is -1.07. The number of carboxylic acids is 1. The fourth-order valence-corrected chi connectivity index (χ4v) is 2.57. The molecule has 0 radical (unpaired) electrons. The molecule has 1 saturated carbocycles. The van der Waals surface area contributed by atoms with E-state index in [1.54, 1.807) is 24.3 Å². The van der Waals surface area contributed by atoms with Crippen LogP contribution in [-0.2, 0) is 9.59 Å². The van der Waals surface area contributed by atoms with Crippen molar-refractivity contribution in [1.82, 2.24) is 5.32 Å². The van der Waals surface area contributed by atoms with Crippen molar-refractivity contribution in [3.05, 3.63) is 29.8 Å². The Kier molecular flexibility index (Phi) is 5.95. The van der Waals surface area contributed by atoms with Gasteiger partial charge in [0.2, 0.25) is 5.91 Å². The molecule has 1 aliphatic rings. The molecule has 1 aromatic rings. The zero-order chi connectivity index (χ0) is 17.7. The van der Waals surface area contributed by atoms with Crippen LogP contribution >= 0.6 is 0 Å². The number of aliphatic carboxylic acids is 1. The first-order valence-electron chi connectivity index (χ1n) is 8.37. The van der Waals surface area contributed by atoms with E-state index in [1.165, 1.54) is 0 Å². The predicted octanol–water partition coefficient (Wildman–Crippen LogP) is 2.65. The molecule has 0 bridgehead atoms. The number of benzene rings is 1. The zero-order valence-corrected chi connectivity index (χ0v) is 14.0. The molecule has 1 aromatic carbocycles. The first-order valence-corrected chi connectivity index (χ1v) is 8.37. The van der Waals surface area contributed by atoms with Crippen LogP contribution in [-0.4, -0.2) is 28.9 Å². The molecule has 0 heterocycles. The Morgan fingerprint density at radius 1 is 1.33 bits per heavy atom. The van der Waals surface area contributed by atoms with Crippen LogP contribution < -0.4 is 10.6 Å². The summed E-state index contributed by atoms with van der Waals surface area (Å²) < 4.78 is 0. The number of hydrogen-bond donors (Lipinski definition) is 3. The van der Waals surface area contributed by atoms with E-state index in [0.29, 0.717) is 23.6 Å². The van der Waals surface area contributed by atoms with E-state index >= 15 is 0 Å². The maximum atomic E-state index is 12.3. The Balaban J connectivity index is 1.99. The number of anilines is 1. The van der Waals surface area contributed by atoms with Gasteiger partial charge in [-0.05, 0) is 37.0 Å². The quantitative estimate of drug-likeness (QED) is 0.682. The number of amides is 2. The molecule has 0 saturated heterocycles. The molecule has 2 amide bonds. The van der Waals surface area contributed by atoms with E-state index in [-0.39, 0.29) is 11.8 Å². The summed E-state index contributed by atoms with van der Waals surface area (Å²) >= 11 is 0. The van der Waals surface area contributed by atoms with Crippen molar-refractivity contribution in [3.8, 4) is 0 Å². The van der Waals surface area contributed by atoms with Crippen LogP contribution in [0.4, 0.5) is 5.69 Å². The highest BCUT2D eigenvalue weighted by atomic mass is 16.4. The lowest BCUT2D eigenvalue weighted by Crippen LogP contribution is -2.40. The highest BCUT2D eigenvalue weighted by Gasteiger charge is 2.39. The fourth-order valence-electron chi connectivity index (χ4n) is 2.57. The van der Waals surface area contributed by atoms with E-state index in [4.69, 9.17) is 0 Å². The van der Waals surface area contributed by atoms with Crippen molar-refractivity contribution in [2.45, 2.75) is 45.6 Å². The van der Waals surface area contributed by atoms with Crippen LogP contribution in [0.5, 0.6) is 0 Å². The molecule has 0 spiro atoms. The van der Waals surface area contributed by atoms with Gasteiger partial charge in [0.25, 0.3) is 5.91 Å². The molecule has 2 rings (SSSR count). The van der Waals surface area contributed by atoms with E-state index in [0.717, 1.165) is 19.3 Å². The van der Waals surface area contributed by atoms with E-state index in [9.17, 15) is 19.5 Å². The van der Waals surface area contributed by atoms with Crippen LogP contribution in [0.15, 0.2) is 24.3 Å². The molecule has 3 atom stereocenters. The molecule has 0 aromatic heterocycles. The maximum Gasteiger partial charge on any atom is 0.326 e. The van der Waals surface area contributed by atoms with Crippen LogP contribution in [0.2, 0.25) is 0 Å². The van der Waals surface area contributed by atoms with Crippen LogP contribution in [0, 0.1) is 11.8 Å². The summed E-state index contributed by atoms with van der Waals surface area (Å²) in [5.41, 5.74) is 0.881. The number of rotatable bonds is 8. The Hall–Kier alpha value is -2.37. The summed E-state index contributed by atoms with van der Waals surface area (Å²) in [6, 6.07) is 5.65. The summed E-state index contributed by atoms with van der Waals surface area (Å²) in [5, 5.41) is 14.5. The SMILES string of the molecule is CCCCC(NC(=O)c1cccc(NC(=O)C2CC2C)c1)C(=O)O. The average Bonchev–Trinajstić information content (AvgIpc) is 3.28. The minimum atomic E-state index is -1.04. The summed E-state index contributed by atoms with van der Waals surface area (Å²) in [6.45, 7) is 3.99. The van der Waals surface area contributed by atoms with Crippen molar-refractivity contribution >= 4 is 23.5 Å². The molecule has 3 unspecified atom stereocenters. The minimum Gasteiger partial charge on any atom is -0.480 e. The Morgan fingerprint density at radius 2 is 2.04 bits per heavy atom. The van der Waals surface area contributed by atoms with Gasteiger partial charge in [0.1, 0.15) is 6.04 Å². The monoisotopic (exact) mass is 332 g/mol. The molecule has 3 N–H and O–H groups in total. The highest BCUT2D eigenvalue weighted by molar-refractivity contribution is 5.99. The van der Waals surface area contributed by atoms with Crippen LogP contribution in [0.3, 0.4) is 0 Å². The van der Waals surface area contributed by atoms with Gasteiger partial charge < -0.3 is 15.7 Å². The number of carbonyl (C=O) groups is 3. The maximum absolute atomic E-state index is 12.3. The molecule has 24 heavy (non-hydrogen) atoms. The number of carbonyl (C=O) groups excluding carboxylic acids is 2. The van der Waals surface area contributed by atoms with Gasteiger partial charge >= 0.3 is 5.97 Å². The van der Waals surface area contributed by atoms with Crippen molar-refractivity contribution in [1.29, 1.82) is 0 Å². The average molecular weight is 332 g/mol. The first kappa shape index (κ1) is 18.0. The van der Waals surface area contributed by atoms with Gasteiger partial charge in [0.05, 0.1) is 0 Å². The fraction of sp³-hybridized carbons (Fsp3) is 0.500. The molecule has 1 aliphatic carbocycles. The number of nitrogens with one attached hydrogen (secondary N) is 2. The smallest absolute Gasteiger partial charge is 0.326 e. The summed E-state index contributed by atoms with van der Waals surface area (Å²) in [6.07, 6.45) is 2.88. The lowest BCUT2D eigenvalue weighted by atomic mass is 10.1. The molecule has 130 valence electrons. The van der Waals surface area contributed by atoms with Crippen LogP contribution in [0.25, 0.3) is 0 Å². The van der Waals surface area contributed by atoms with Gasteiger partial charge in [-0.1, -0.05) is 32.8 Å². The Morgan fingerprint density at radius 3 is 2.62 bits per heavy atom. The number of carboxylic acid groups (broad SMARTS) is 1. The third-order valence-corrected chi connectivity index (χ3v) is 4.29. The van der Waals surface area contributed by atoms with Crippen molar-refractivity contribution in [2.24, 2.45) is 11.8 Å². The van der Waals surface area contributed by atoms with Gasteiger partial charge in [-0.3, -0.25) is 9.59 Å². The summed E-state index contributed by atoms with van der Waals surface area (Å²) in [7, 11) is 0. The molecular formula is C18H24N2O4. The summed E-state index contributed by atoms with van der Waals surface area (Å²) in [4.78, 5) is 35.5. The van der Waals surface area contributed by atoms with Gasteiger partial charge in [-0.15, -0.1) is 0 Å². The van der Waals surface area contributed by atoms with Gasteiger partial charge in [0.15, 0.2) is 0 Å². The Labute approximate surface area is 141 Å². The Bertz CT molecular complexity index is 629. The topological polar surface area (TPSA) is 95.5 Å². The second-order valence-corrected chi connectivity index (χ2v) is 6.40. The first-order chi connectivity index (χ1) is 11.4. The van der Waals surface area contributed by atoms with Gasteiger partial charge in [0, 0.05) is 17.2 Å². The van der Waals surface area contributed by atoms with E-state index < -0.39 is 17.9 Å². The zero-order valence-electron chi connectivity index (χ0n) is 14.0. The van der Waals surface area contributed by atoms with Crippen LogP contribution in [0.1, 0.15) is 49.9 Å². The van der Waals surface area contributed by atoms with Gasteiger partial charge in [-0.2, -0.15) is 0 Å². The minimum absolute atomic E-state index is 0.0357. The number of unbranched alkanes of at least 4 members (excludes halogenated alkanes) is 1. The second-order valence-electron chi connectivity index (χ2n) is 6.40. The largest absolute Gasteiger partial charge is 0.480 e. The van der Waals surface area contributed by atoms with Gasteiger partial charge in [-0.25, -0.2) is 4.79 Å². The van der Waals surface area contributed by atoms with Crippen molar-refractivity contribution in [3.63, 3.8) is 0 Å². The molecular weight excluding hydrogens is 308 g/mol. The highest BCUT2D eigenvalue weighted by Crippen LogP contribution is 2.38. The standard InChI is InChI=1S/C18H24N2O4/c1-3-4-8-15(18(23)24)20-16(21)12-6-5-7-13(10-12)19-17(22)14-9-11(14)2/h5-7,10-11,14-15H,3-4,8-9H2,1-2H3,(H,19,22)(H,20,21)(H,23,24). The van der Waals surface area contributed by atoms with Crippen molar-refractivity contribution < 1.29 is 19.5 Å². The molecule has 6 heteroatoms. The van der Waals surface area contributed by atoms with Crippen molar-refractivity contribution in [2.75, 3.05) is 5.32 Å². The normalized spacial score (nSPS) is 20.1. The lowest BCUT2D eigenvalue weighted by Gasteiger charge is -2.14. The molecule has 1 fully saturated rings. The second kappa shape index (κ2) is 7.95. The predicted molar refractivity (Wildman–Crippen MR) is 90.8 cm³/mol. The lowest BCUT2D eigenvalue weighted by molar-refractivity contribution is -0.139. The van der Waals surface area contributed by atoms with E-state index in [1.807, 2.05) is 13.8 Å².